The Hall–Kier alpha value is 2.57. The maximum absolute atomic E-state index is 9.83. The fourth-order valence-corrected chi connectivity index (χ4v) is 4.34. The molecular weight excluding hydrogens is 383 g/mol. The molecule has 0 saturated carbocycles. The largest absolute Gasteiger partial charge is 0.377 e. The monoisotopic (exact) mass is 380 g/mol. The Morgan fingerprint density at radius 1 is 0.500 bits per heavy atom. The molecule has 10 heteroatoms. The Morgan fingerprint density at radius 3 is 0.643 bits per heavy atom. The number of halogens is 9. The molecule has 0 aromatic rings. The van der Waals surface area contributed by atoms with E-state index in [2.05, 4.69) is 0 Å². The van der Waals surface area contributed by atoms with Gasteiger partial charge in [0.1, 0.15) is 0 Å². The Balaban J connectivity index is 5.54. The second-order valence-corrected chi connectivity index (χ2v) is 9.05. The van der Waals surface area contributed by atoms with E-state index in [9.17, 15) is 5.11 Å². The quantitative estimate of drug-likeness (QED) is 0.594. The summed E-state index contributed by atoms with van der Waals surface area (Å²) in [6.07, 6.45) is 0. The summed E-state index contributed by atoms with van der Waals surface area (Å²) in [7, 11) is 0. The van der Waals surface area contributed by atoms with Crippen LogP contribution in [0.1, 0.15) is 0 Å². The first-order valence-electron chi connectivity index (χ1n) is 2.67. The zero-order valence-corrected chi connectivity index (χ0v) is 12.7. The molecular formula is C4HCl9O. The molecule has 0 rings (SSSR count). The molecule has 0 saturated heterocycles. The first-order chi connectivity index (χ1) is 5.75. The first-order valence-corrected chi connectivity index (χ1v) is 6.08. The minimum atomic E-state index is -2.80. The van der Waals surface area contributed by atoms with Crippen LogP contribution in [0.3, 0.4) is 0 Å². The highest BCUT2D eigenvalue weighted by molar-refractivity contribution is 6.78. The van der Waals surface area contributed by atoms with Crippen LogP contribution in [0.2, 0.25) is 0 Å². The predicted molar refractivity (Wildman–Crippen MR) is 65.8 cm³/mol. The summed E-state index contributed by atoms with van der Waals surface area (Å²) in [5, 5.41) is 9.83. The smallest absolute Gasteiger partial charge is 0.227 e. The molecule has 0 amide bonds. The van der Waals surface area contributed by atoms with Crippen molar-refractivity contribution in [3.8, 4) is 0 Å². The SMILES string of the molecule is OC(C(Cl)(Cl)Cl)(C(Cl)(Cl)Cl)C(Cl)(Cl)Cl. The van der Waals surface area contributed by atoms with Gasteiger partial charge in [0.05, 0.1) is 0 Å². The molecule has 0 unspecified atom stereocenters. The van der Waals surface area contributed by atoms with Gasteiger partial charge in [0, 0.05) is 0 Å². The molecule has 1 N–H and O–H groups in total. The molecule has 0 bridgehead atoms. The van der Waals surface area contributed by atoms with Crippen molar-refractivity contribution in [2.75, 3.05) is 0 Å². The third-order valence-electron chi connectivity index (χ3n) is 1.23. The number of alkyl halides is 9. The van der Waals surface area contributed by atoms with Gasteiger partial charge in [-0.1, -0.05) is 104 Å². The average molecular weight is 384 g/mol. The minimum Gasteiger partial charge on any atom is -0.377 e. The van der Waals surface area contributed by atoms with E-state index in [1.54, 1.807) is 0 Å². The Morgan fingerprint density at radius 2 is 0.643 bits per heavy atom. The van der Waals surface area contributed by atoms with E-state index >= 15 is 0 Å². The van der Waals surface area contributed by atoms with Crippen molar-refractivity contribution >= 4 is 104 Å². The van der Waals surface area contributed by atoms with Crippen LogP contribution in [-0.2, 0) is 0 Å². The van der Waals surface area contributed by atoms with Crippen LogP contribution in [-0.4, -0.2) is 22.1 Å². The lowest BCUT2D eigenvalue weighted by molar-refractivity contribution is 0.0518. The molecule has 0 atom stereocenters. The molecule has 0 aromatic heterocycles. The molecule has 86 valence electrons. The Kier molecular flexibility index (Phi) is 5.54. The van der Waals surface area contributed by atoms with E-state index in [1.165, 1.54) is 0 Å². The lowest BCUT2D eigenvalue weighted by Gasteiger charge is -2.44. The van der Waals surface area contributed by atoms with E-state index in [-0.39, 0.29) is 0 Å². The van der Waals surface area contributed by atoms with Gasteiger partial charge in [-0.05, 0) is 0 Å². The normalized spacial score (nSPS) is 15.9. The van der Waals surface area contributed by atoms with Crippen molar-refractivity contribution in [2.45, 2.75) is 17.0 Å². The number of aliphatic hydroxyl groups is 1. The van der Waals surface area contributed by atoms with Crippen LogP contribution in [0.15, 0.2) is 0 Å². The lowest BCUT2D eigenvalue weighted by atomic mass is 10.1. The fraction of sp³-hybridized carbons (Fsp3) is 1.00. The van der Waals surface area contributed by atoms with E-state index in [0.717, 1.165) is 0 Å². The maximum Gasteiger partial charge on any atom is 0.227 e. The van der Waals surface area contributed by atoms with Gasteiger partial charge in [0.15, 0.2) is 0 Å². The zero-order chi connectivity index (χ0) is 12.0. The highest BCUT2D eigenvalue weighted by atomic mass is 35.6. The van der Waals surface area contributed by atoms with Crippen molar-refractivity contribution in [2.24, 2.45) is 0 Å². The molecule has 0 aromatic carbocycles. The summed E-state index contributed by atoms with van der Waals surface area (Å²) in [6.45, 7) is 0. The maximum atomic E-state index is 9.83. The average Bonchev–Trinajstić information content (AvgIpc) is 1.77. The molecule has 1 nitrogen and oxygen atoms in total. The number of hydrogen-bond acceptors (Lipinski definition) is 1. The minimum absolute atomic E-state index is 2.50. The Bertz CT molecular complexity index is 170. The molecule has 0 aliphatic carbocycles. The van der Waals surface area contributed by atoms with Gasteiger partial charge >= 0.3 is 0 Å². The van der Waals surface area contributed by atoms with Crippen molar-refractivity contribution in [3.63, 3.8) is 0 Å². The highest BCUT2D eigenvalue weighted by Gasteiger charge is 2.70. The predicted octanol–water partition coefficient (Wildman–Crippen LogP) is 4.83. The molecule has 0 heterocycles. The summed E-state index contributed by atoms with van der Waals surface area (Å²) >= 11 is 48.5. The van der Waals surface area contributed by atoms with E-state index in [0.29, 0.717) is 0 Å². The molecule has 0 aliphatic rings. The van der Waals surface area contributed by atoms with Crippen molar-refractivity contribution in [1.29, 1.82) is 0 Å². The van der Waals surface area contributed by atoms with E-state index in [1.807, 2.05) is 0 Å². The molecule has 0 spiro atoms. The standard InChI is InChI=1S/C4HCl9O/c5-2(6,7)1(14,3(8,9)10)4(11,12)13/h14H. The topological polar surface area (TPSA) is 20.2 Å². The summed E-state index contributed by atoms with van der Waals surface area (Å²) in [6, 6.07) is 0. The summed E-state index contributed by atoms with van der Waals surface area (Å²) < 4.78 is -7.49. The van der Waals surface area contributed by atoms with Crippen molar-refractivity contribution < 1.29 is 5.11 Å². The molecule has 0 radical (unpaired) electrons. The van der Waals surface area contributed by atoms with Gasteiger partial charge in [-0.3, -0.25) is 0 Å². The van der Waals surface area contributed by atoms with Crippen LogP contribution in [0.5, 0.6) is 0 Å². The second kappa shape index (κ2) is 4.68. The van der Waals surface area contributed by atoms with Gasteiger partial charge < -0.3 is 5.11 Å². The van der Waals surface area contributed by atoms with Crippen molar-refractivity contribution in [3.05, 3.63) is 0 Å². The molecule has 0 fully saturated rings. The number of hydrogen-bond donors (Lipinski definition) is 1. The second-order valence-electron chi connectivity index (χ2n) is 2.20. The first kappa shape index (κ1) is 16.6. The lowest BCUT2D eigenvalue weighted by Crippen LogP contribution is -2.62. The van der Waals surface area contributed by atoms with Crippen LogP contribution in [0.4, 0.5) is 0 Å². The highest BCUT2D eigenvalue weighted by Crippen LogP contribution is 2.60. The molecule has 14 heavy (non-hydrogen) atoms. The fourth-order valence-electron chi connectivity index (χ4n) is 0.482. The Labute approximate surface area is 125 Å². The van der Waals surface area contributed by atoms with Gasteiger partial charge in [0.25, 0.3) is 0 Å². The van der Waals surface area contributed by atoms with Gasteiger partial charge in [-0.15, -0.1) is 0 Å². The summed E-state index contributed by atoms with van der Waals surface area (Å²) in [4.78, 5) is 0. The van der Waals surface area contributed by atoms with Crippen molar-refractivity contribution in [1.82, 2.24) is 0 Å². The van der Waals surface area contributed by atoms with Crippen LogP contribution in [0.25, 0.3) is 0 Å². The van der Waals surface area contributed by atoms with Gasteiger partial charge in [0.2, 0.25) is 17.0 Å². The van der Waals surface area contributed by atoms with E-state index in [4.69, 9.17) is 104 Å². The summed E-state index contributed by atoms with van der Waals surface area (Å²) in [5.41, 5.74) is -2.80. The number of rotatable bonds is 0. The van der Waals surface area contributed by atoms with Gasteiger partial charge in [-0.25, -0.2) is 0 Å². The summed E-state index contributed by atoms with van der Waals surface area (Å²) in [5.74, 6) is 0. The third-order valence-corrected chi connectivity index (χ3v) is 3.69. The van der Waals surface area contributed by atoms with Crippen LogP contribution < -0.4 is 0 Å². The zero-order valence-electron chi connectivity index (χ0n) is 5.85. The van der Waals surface area contributed by atoms with Gasteiger partial charge in [-0.2, -0.15) is 0 Å². The molecule has 0 aliphatic heterocycles. The van der Waals surface area contributed by atoms with Crippen LogP contribution in [0, 0.1) is 0 Å². The third kappa shape index (κ3) is 3.07. The van der Waals surface area contributed by atoms with Crippen LogP contribution >= 0.6 is 104 Å². The van der Waals surface area contributed by atoms with E-state index < -0.39 is 17.0 Å².